The highest BCUT2D eigenvalue weighted by molar-refractivity contribution is 6.09. The summed E-state index contributed by atoms with van der Waals surface area (Å²) in [5, 5.41) is 2.26. The maximum absolute atomic E-state index is 13.7. The molecule has 0 aliphatic heterocycles. The van der Waals surface area contributed by atoms with Gasteiger partial charge in [-0.1, -0.05) is 36.4 Å². The maximum Gasteiger partial charge on any atom is 0.419 e. The van der Waals surface area contributed by atoms with E-state index >= 15 is 0 Å². The van der Waals surface area contributed by atoms with E-state index in [9.17, 15) is 17.6 Å². The fourth-order valence-corrected chi connectivity index (χ4v) is 4.52. The van der Waals surface area contributed by atoms with Crippen LogP contribution in [0.1, 0.15) is 5.56 Å². The second-order valence-electron chi connectivity index (χ2n) is 8.38. The highest BCUT2D eigenvalue weighted by Crippen LogP contribution is 2.37. The quantitative estimate of drug-likeness (QED) is 0.238. The van der Waals surface area contributed by atoms with Crippen molar-refractivity contribution in [2.75, 3.05) is 0 Å². The van der Waals surface area contributed by atoms with E-state index in [0.29, 0.717) is 5.56 Å². The second-order valence-corrected chi connectivity index (χ2v) is 8.38. The lowest BCUT2D eigenvalue weighted by Crippen LogP contribution is -2.10. The normalized spacial score (nSPS) is 11.9. The Morgan fingerprint density at radius 1 is 0.639 bits per heavy atom. The average Bonchev–Trinajstić information content (AvgIpc) is 3.23. The summed E-state index contributed by atoms with van der Waals surface area (Å²) in [5.74, 6) is -0.390. The Morgan fingerprint density at radius 3 is 1.78 bits per heavy atom. The van der Waals surface area contributed by atoms with Gasteiger partial charge in [0.05, 0.1) is 16.7 Å². The first-order valence-electron chi connectivity index (χ1n) is 11.2. The van der Waals surface area contributed by atoms with Gasteiger partial charge in [0.25, 0.3) is 0 Å². The summed E-state index contributed by atoms with van der Waals surface area (Å²) in [6, 6.07) is 28.4. The Hall–Kier alpha value is -4.52. The molecule has 0 aliphatic rings. The van der Waals surface area contributed by atoms with Crippen LogP contribution >= 0.6 is 0 Å². The Balaban J connectivity index is 1.46. The minimum atomic E-state index is -4.65. The zero-order chi connectivity index (χ0) is 24.9. The van der Waals surface area contributed by atoms with Gasteiger partial charge in [-0.3, -0.25) is 0 Å². The molecule has 36 heavy (non-hydrogen) atoms. The van der Waals surface area contributed by atoms with Gasteiger partial charge < -0.3 is 4.57 Å². The van der Waals surface area contributed by atoms with E-state index < -0.39 is 17.6 Å². The summed E-state index contributed by atoms with van der Waals surface area (Å²) in [6.45, 7) is 0. The van der Waals surface area contributed by atoms with Crippen molar-refractivity contribution in [3.63, 3.8) is 0 Å². The van der Waals surface area contributed by atoms with Crippen molar-refractivity contribution in [3.8, 4) is 28.3 Å². The van der Waals surface area contributed by atoms with E-state index in [0.717, 1.165) is 45.8 Å². The van der Waals surface area contributed by atoms with Crippen LogP contribution in [0.5, 0.6) is 0 Å². The summed E-state index contributed by atoms with van der Waals surface area (Å²) >= 11 is 0. The zero-order valence-electron chi connectivity index (χ0n) is 18.7. The number of hydrogen-bond acceptors (Lipinski definition) is 2. The van der Waals surface area contributed by atoms with Crippen LogP contribution in [0.15, 0.2) is 103 Å². The number of halogens is 4. The van der Waals surface area contributed by atoms with Gasteiger partial charge >= 0.3 is 6.18 Å². The molecule has 3 nitrogen and oxygen atoms in total. The molecule has 0 radical (unpaired) electrons. The van der Waals surface area contributed by atoms with E-state index in [4.69, 9.17) is 0 Å². The van der Waals surface area contributed by atoms with Gasteiger partial charge in [0, 0.05) is 33.8 Å². The Labute approximate surface area is 203 Å². The summed E-state index contributed by atoms with van der Waals surface area (Å²) in [4.78, 5) is 8.24. The van der Waals surface area contributed by atoms with Crippen LogP contribution in [-0.4, -0.2) is 14.5 Å². The van der Waals surface area contributed by atoms with Gasteiger partial charge in [-0.15, -0.1) is 0 Å². The van der Waals surface area contributed by atoms with Gasteiger partial charge in [-0.2, -0.15) is 13.2 Å². The zero-order valence-corrected chi connectivity index (χ0v) is 18.7. The molecule has 4 aromatic carbocycles. The van der Waals surface area contributed by atoms with Crippen molar-refractivity contribution in [1.82, 2.24) is 14.5 Å². The van der Waals surface area contributed by atoms with Crippen molar-refractivity contribution >= 4 is 21.8 Å². The molecule has 2 aromatic heterocycles. The van der Waals surface area contributed by atoms with Gasteiger partial charge in [-0.05, 0) is 60.7 Å². The highest BCUT2D eigenvalue weighted by Gasteiger charge is 2.35. The van der Waals surface area contributed by atoms with Crippen LogP contribution in [0.3, 0.4) is 0 Å². The van der Waals surface area contributed by atoms with Crippen LogP contribution in [-0.2, 0) is 6.18 Å². The Kier molecular flexibility index (Phi) is 5.07. The molecule has 6 aromatic rings. The van der Waals surface area contributed by atoms with Crippen LogP contribution in [0.2, 0.25) is 0 Å². The maximum atomic E-state index is 13.7. The first-order chi connectivity index (χ1) is 17.4. The van der Waals surface area contributed by atoms with Crippen LogP contribution in [0.25, 0.3) is 50.1 Å². The molecule has 0 spiro atoms. The molecule has 0 atom stereocenters. The van der Waals surface area contributed by atoms with Gasteiger partial charge in [0.15, 0.2) is 5.82 Å². The van der Waals surface area contributed by atoms with Crippen molar-refractivity contribution in [2.24, 2.45) is 0 Å². The first-order valence-corrected chi connectivity index (χ1v) is 11.2. The predicted octanol–water partition coefficient (Wildman–Crippen LogP) is 8.07. The number of hydrogen-bond donors (Lipinski definition) is 0. The highest BCUT2D eigenvalue weighted by atomic mass is 19.4. The van der Waals surface area contributed by atoms with E-state index in [2.05, 4.69) is 38.8 Å². The lowest BCUT2D eigenvalue weighted by Gasteiger charge is -2.14. The van der Waals surface area contributed by atoms with Crippen LogP contribution in [0.4, 0.5) is 17.6 Å². The number of para-hydroxylation sites is 2. The van der Waals surface area contributed by atoms with E-state index in [1.807, 2.05) is 36.4 Å². The average molecular weight is 483 g/mol. The predicted molar refractivity (Wildman–Crippen MR) is 132 cm³/mol. The van der Waals surface area contributed by atoms with E-state index in [1.54, 1.807) is 12.1 Å². The smallest absolute Gasteiger partial charge is 0.309 e. The number of benzene rings is 4. The Bertz CT molecular complexity index is 1660. The minimum absolute atomic E-state index is 0.149. The standard InChI is InChI=1S/C29H17F4N3/c30-20-13-9-18(10-14-20)27-24(29(31,32)33)17-34-28(35-27)19-11-15-21(16-12-19)36-25-7-3-1-5-22(25)23-6-2-4-8-26(23)36/h1-17H. The van der Waals surface area contributed by atoms with Crippen molar-refractivity contribution < 1.29 is 17.6 Å². The molecule has 0 bridgehead atoms. The molecule has 0 unspecified atom stereocenters. The van der Waals surface area contributed by atoms with Crippen LogP contribution < -0.4 is 0 Å². The third-order valence-corrected chi connectivity index (χ3v) is 6.18. The molecule has 0 saturated carbocycles. The minimum Gasteiger partial charge on any atom is -0.309 e. The molecule has 0 aliphatic carbocycles. The van der Waals surface area contributed by atoms with Gasteiger partial charge in [0.1, 0.15) is 11.4 Å². The summed E-state index contributed by atoms with van der Waals surface area (Å²) < 4.78 is 56.5. The number of fused-ring (bicyclic) bond motifs is 3. The number of nitrogens with zero attached hydrogens (tertiary/aromatic N) is 3. The molecular formula is C29H17F4N3. The molecule has 6 rings (SSSR count). The molecule has 176 valence electrons. The lowest BCUT2D eigenvalue weighted by atomic mass is 10.1. The summed E-state index contributed by atoms with van der Waals surface area (Å²) in [6.07, 6.45) is -3.87. The largest absolute Gasteiger partial charge is 0.419 e. The molecular weight excluding hydrogens is 466 g/mol. The number of aromatic nitrogens is 3. The first kappa shape index (κ1) is 22.0. The summed E-state index contributed by atoms with van der Waals surface area (Å²) in [7, 11) is 0. The molecule has 7 heteroatoms. The van der Waals surface area contributed by atoms with Gasteiger partial charge in [0.2, 0.25) is 0 Å². The van der Waals surface area contributed by atoms with E-state index in [-0.39, 0.29) is 17.1 Å². The van der Waals surface area contributed by atoms with Gasteiger partial charge in [-0.25, -0.2) is 14.4 Å². The fraction of sp³-hybridized carbons (Fsp3) is 0.0345. The van der Waals surface area contributed by atoms with Crippen molar-refractivity contribution in [1.29, 1.82) is 0 Å². The summed E-state index contributed by atoms with van der Waals surface area (Å²) in [5.41, 5.74) is 2.47. The molecule has 0 saturated heterocycles. The SMILES string of the molecule is Fc1ccc(-c2nc(-c3ccc(-n4c5ccccc5c5ccccc54)cc3)ncc2C(F)(F)F)cc1. The third kappa shape index (κ3) is 3.69. The molecule has 0 amide bonds. The second kappa shape index (κ2) is 8.30. The molecule has 0 N–H and O–H groups in total. The lowest BCUT2D eigenvalue weighted by molar-refractivity contribution is -0.137. The van der Waals surface area contributed by atoms with Crippen molar-refractivity contribution in [2.45, 2.75) is 6.18 Å². The number of rotatable bonds is 3. The third-order valence-electron chi connectivity index (χ3n) is 6.18. The molecule has 0 fully saturated rings. The van der Waals surface area contributed by atoms with E-state index in [1.165, 1.54) is 12.1 Å². The molecule has 2 heterocycles. The topological polar surface area (TPSA) is 30.7 Å². The van der Waals surface area contributed by atoms with Crippen LogP contribution in [0, 0.1) is 5.82 Å². The Morgan fingerprint density at radius 2 is 1.19 bits per heavy atom. The number of alkyl halides is 3. The van der Waals surface area contributed by atoms with Crippen molar-refractivity contribution in [3.05, 3.63) is 115 Å². The fourth-order valence-electron chi connectivity index (χ4n) is 4.52. The monoisotopic (exact) mass is 483 g/mol.